The Morgan fingerprint density at radius 1 is 1.29 bits per heavy atom. The van der Waals surface area contributed by atoms with Crippen molar-refractivity contribution in [1.82, 2.24) is 5.32 Å². The van der Waals surface area contributed by atoms with E-state index in [1.165, 1.54) is 12.0 Å². The van der Waals surface area contributed by atoms with Crippen molar-refractivity contribution in [2.45, 2.75) is 32.4 Å². The highest BCUT2D eigenvalue weighted by molar-refractivity contribution is 5.30. The lowest BCUT2D eigenvalue weighted by Gasteiger charge is -2.28. The van der Waals surface area contributed by atoms with Gasteiger partial charge in [0.15, 0.2) is 0 Å². The smallest absolute Gasteiger partial charge is 0.119 e. The van der Waals surface area contributed by atoms with E-state index >= 15 is 0 Å². The summed E-state index contributed by atoms with van der Waals surface area (Å²) in [5.41, 5.74) is 1.37. The lowest BCUT2D eigenvalue weighted by Crippen LogP contribution is -2.34. The van der Waals surface area contributed by atoms with Crippen molar-refractivity contribution < 1.29 is 4.74 Å². The lowest BCUT2D eigenvalue weighted by atomic mass is 9.98. The maximum atomic E-state index is 5.58. The SMILES string of the molecule is CC(C)Oc1ccc([C@@H]2CCN2)cc1. The van der Waals surface area contributed by atoms with E-state index in [1.54, 1.807) is 0 Å². The van der Waals surface area contributed by atoms with E-state index in [-0.39, 0.29) is 6.10 Å². The molecule has 0 saturated carbocycles. The van der Waals surface area contributed by atoms with Crippen LogP contribution in [0.4, 0.5) is 0 Å². The fourth-order valence-corrected chi connectivity index (χ4v) is 1.62. The van der Waals surface area contributed by atoms with E-state index in [0.717, 1.165) is 12.3 Å². The van der Waals surface area contributed by atoms with Crippen LogP contribution in [0, 0.1) is 0 Å². The van der Waals surface area contributed by atoms with Gasteiger partial charge in [-0.05, 0) is 44.5 Å². The van der Waals surface area contributed by atoms with Crippen molar-refractivity contribution in [2.24, 2.45) is 0 Å². The van der Waals surface area contributed by atoms with Crippen LogP contribution in [0.5, 0.6) is 5.75 Å². The van der Waals surface area contributed by atoms with Crippen molar-refractivity contribution in [3.8, 4) is 5.75 Å². The van der Waals surface area contributed by atoms with Crippen LogP contribution in [-0.4, -0.2) is 12.6 Å². The van der Waals surface area contributed by atoms with E-state index in [4.69, 9.17) is 4.74 Å². The minimum absolute atomic E-state index is 0.252. The highest BCUT2D eigenvalue weighted by Crippen LogP contribution is 2.24. The molecule has 1 N–H and O–H groups in total. The highest BCUT2D eigenvalue weighted by atomic mass is 16.5. The van der Waals surface area contributed by atoms with Gasteiger partial charge >= 0.3 is 0 Å². The molecule has 1 aliphatic rings. The van der Waals surface area contributed by atoms with Crippen LogP contribution in [0.3, 0.4) is 0 Å². The van der Waals surface area contributed by atoms with Gasteiger partial charge in [0.25, 0.3) is 0 Å². The molecular formula is C12H17NO. The van der Waals surface area contributed by atoms with Gasteiger partial charge in [-0.15, -0.1) is 0 Å². The molecule has 1 saturated heterocycles. The number of benzene rings is 1. The summed E-state index contributed by atoms with van der Waals surface area (Å²) in [4.78, 5) is 0. The third kappa shape index (κ3) is 2.07. The van der Waals surface area contributed by atoms with Gasteiger partial charge < -0.3 is 10.1 Å². The standard InChI is InChI=1S/C12H17NO/c1-9(2)14-11-5-3-10(4-6-11)12-7-8-13-12/h3-6,9,12-13H,7-8H2,1-2H3/t12-/m0/s1. The molecule has 0 aromatic heterocycles. The molecule has 0 bridgehead atoms. The third-order valence-corrected chi connectivity index (χ3v) is 2.48. The summed E-state index contributed by atoms with van der Waals surface area (Å²) in [6, 6.07) is 8.97. The highest BCUT2D eigenvalue weighted by Gasteiger charge is 2.17. The molecule has 2 nitrogen and oxygen atoms in total. The quantitative estimate of drug-likeness (QED) is 0.792. The van der Waals surface area contributed by atoms with Gasteiger partial charge in [0.1, 0.15) is 5.75 Å². The van der Waals surface area contributed by atoms with Gasteiger partial charge in [-0.2, -0.15) is 0 Å². The molecule has 1 aromatic carbocycles. The summed E-state index contributed by atoms with van der Waals surface area (Å²) in [7, 11) is 0. The van der Waals surface area contributed by atoms with Crippen molar-refractivity contribution >= 4 is 0 Å². The summed E-state index contributed by atoms with van der Waals surface area (Å²) in [6.45, 7) is 5.23. The summed E-state index contributed by atoms with van der Waals surface area (Å²) in [5, 5.41) is 3.38. The van der Waals surface area contributed by atoms with E-state index in [0.29, 0.717) is 6.04 Å². The second-order valence-electron chi connectivity index (χ2n) is 4.03. The molecule has 1 fully saturated rings. The molecule has 0 unspecified atom stereocenters. The molecule has 76 valence electrons. The van der Waals surface area contributed by atoms with Crippen molar-refractivity contribution in [1.29, 1.82) is 0 Å². The Balaban J connectivity index is 2.02. The maximum absolute atomic E-state index is 5.58. The molecule has 0 aliphatic carbocycles. The fourth-order valence-electron chi connectivity index (χ4n) is 1.62. The first-order valence-electron chi connectivity index (χ1n) is 5.26. The number of hydrogen-bond donors (Lipinski definition) is 1. The van der Waals surface area contributed by atoms with Crippen LogP contribution >= 0.6 is 0 Å². The van der Waals surface area contributed by atoms with Crippen LogP contribution in [0.25, 0.3) is 0 Å². The van der Waals surface area contributed by atoms with Gasteiger partial charge in [0.05, 0.1) is 6.10 Å². The van der Waals surface area contributed by atoms with Gasteiger partial charge in [-0.25, -0.2) is 0 Å². The minimum Gasteiger partial charge on any atom is -0.491 e. The van der Waals surface area contributed by atoms with Gasteiger partial charge in [0, 0.05) is 6.04 Å². The molecule has 0 radical (unpaired) electrons. The van der Waals surface area contributed by atoms with Crippen LogP contribution in [0.1, 0.15) is 31.9 Å². The monoisotopic (exact) mass is 191 g/mol. The predicted octanol–water partition coefficient (Wildman–Crippen LogP) is 2.51. The average Bonchev–Trinajstić information content (AvgIpc) is 2.04. The third-order valence-electron chi connectivity index (χ3n) is 2.48. The summed E-state index contributed by atoms with van der Waals surface area (Å²) in [6.07, 6.45) is 1.51. The van der Waals surface area contributed by atoms with Crippen molar-refractivity contribution in [2.75, 3.05) is 6.54 Å². The molecule has 0 amide bonds. The van der Waals surface area contributed by atoms with E-state index in [9.17, 15) is 0 Å². The molecule has 1 aliphatic heterocycles. The zero-order valence-corrected chi connectivity index (χ0v) is 8.79. The normalized spacial score (nSPS) is 20.6. The molecule has 1 heterocycles. The second-order valence-corrected chi connectivity index (χ2v) is 4.03. The molecule has 1 atom stereocenters. The number of hydrogen-bond acceptors (Lipinski definition) is 2. The van der Waals surface area contributed by atoms with E-state index < -0.39 is 0 Å². The Hall–Kier alpha value is -1.02. The zero-order chi connectivity index (χ0) is 9.97. The van der Waals surface area contributed by atoms with Crippen LogP contribution in [0.2, 0.25) is 0 Å². The Bertz CT molecular complexity index is 288. The van der Waals surface area contributed by atoms with Crippen molar-refractivity contribution in [3.63, 3.8) is 0 Å². The number of ether oxygens (including phenoxy) is 1. The first-order valence-corrected chi connectivity index (χ1v) is 5.26. The molecular weight excluding hydrogens is 174 g/mol. The van der Waals surface area contributed by atoms with Crippen LogP contribution in [-0.2, 0) is 0 Å². The van der Waals surface area contributed by atoms with Crippen LogP contribution in [0.15, 0.2) is 24.3 Å². The summed E-state index contributed by atoms with van der Waals surface area (Å²) in [5.74, 6) is 0.961. The average molecular weight is 191 g/mol. The maximum Gasteiger partial charge on any atom is 0.119 e. The lowest BCUT2D eigenvalue weighted by molar-refractivity contribution is 0.242. The first kappa shape index (κ1) is 9.53. The molecule has 0 spiro atoms. The molecule has 2 heteroatoms. The van der Waals surface area contributed by atoms with E-state index in [1.807, 2.05) is 13.8 Å². The first-order chi connectivity index (χ1) is 6.75. The largest absolute Gasteiger partial charge is 0.491 e. The fraction of sp³-hybridized carbons (Fsp3) is 0.500. The van der Waals surface area contributed by atoms with E-state index in [2.05, 4.69) is 29.6 Å². The molecule has 1 aromatic rings. The summed E-state index contributed by atoms with van der Waals surface area (Å²) >= 11 is 0. The Morgan fingerprint density at radius 3 is 2.36 bits per heavy atom. The second kappa shape index (κ2) is 4.01. The number of rotatable bonds is 3. The molecule has 2 rings (SSSR count). The van der Waals surface area contributed by atoms with Crippen LogP contribution < -0.4 is 10.1 Å². The minimum atomic E-state index is 0.252. The van der Waals surface area contributed by atoms with Gasteiger partial charge in [-0.1, -0.05) is 12.1 Å². The Labute approximate surface area is 85.3 Å². The molecule has 14 heavy (non-hydrogen) atoms. The van der Waals surface area contributed by atoms with Gasteiger partial charge in [0.2, 0.25) is 0 Å². The zero-order valence-electron chi connectivity index (χ0n) is 8.79. The Kier molecular flexibility index (Phi) is 2.73. The predicted molar refractivity (Wildman–Crippen MR) is 57.6 cm³/mol. The summed E-state index contributed by atoms with van der Waals surface area (Å²) < 4.78 is 5.58. The topological polar surface area (TPSA) is 21.3 Å². The number of nitrogens with one attached hydrogen (secondary N) is 1. The Morgan fingerprint density at radius 2 is 1.93 bits per heavy atom. The van der Waals surface area contributed by atoms with Crippen molar-refractivity contribution in [3.05, 3.63) is 29.8 Å². The van der Waals surface area contributed by atoms with Gasteiger partial charge in [-0.3, -0.25) is 0 Å².